The van der Waals surface area contributed by atoms with Crippen LogP contribution in [0.2, 0.25) is 0 Å². The van der Waals surface area contributed by atoms with Gasteiger partial charge in [-0.25, -0.2) is 4.79 Å². The number of carbonyl (C=O) groups excluding carboxylic acids is 3. The van der Waals surface area contributed by atoms with Crippen molar-refractivity contribution < 1.29 is 23.9 Å². The average Bonchev–Trinajstić information content (AvgIpc) is 3.26. The van der Waals surface area contributed by atoms with Gasteiger partial charge in [-0.2, -0.15) is 0 Å². The molecule has 29 heavy (non-hydrogen) atoms. The van der Waals surface area contributed by atoms with Crippen LogP contribution in [0.3, 0.4) is 0 Å². The predicted octanol–water partition coefficient (Wildman–Crippen LogP) is 3.89. The highest BCUT2D eigenvalue weighted by atomic mass is 32.1. The van der Waals surface area contributed by atoms with Crippen molar-refractivity contribution in [2.75, 3.05) is 20.3 Å². The highest BCUT2D eigenvalue weighted by Crippen LogP contribution is 2.27. The number of rotatable bonds is 7. The van der Waals surface area contributed by atoms with Crippen LogP contribution in [-0.4, -0.2) is 42.9 Å². The fourth-order valence-electron chi connectivity index (χ4n) is 3.36. The molecule has 2 heterocycles. The Morgan fingerprint density at radius 1 is 1.07 bits per heavy atom. The van der Waals surface area contributed by atoms with Crippen LogP contribution in [0.5, 0.6) is 0 Å². The Balaban J connectivity index is 1.47. The second kappa shape index (κ2) is 8.14. The van der Waals surface area contributed by atoms with E-state index in [-0.39, 0.29) is 36.1 Å². The van der Waals surface area contributed by atoms with Gasteiger partial charge in [0, 0.05) is 30.5 Å². The number of amides is 2. The summed E-state index contributed by atoms with van der Waals surface area (Å²) in [6.45, 7) is 0.892. The molecule has 148 valence electrons. The van der Waals surface area contributed by atoms with E-state index in [1.807, 2.05) is 29.6 Å². The number of methoxy groups -OCH3 is 1. The molecule has 0 saturated heterocycles. The Hall–Kier alpha value is -3.03. The maximum Gasteiger partial charge on any atom is 0.338 e. The molecule has 0 fully saturated rings. The van der Waals surface area contributed by atoms with Crippen molar-refractivity contribution >= 4 is 39.2 Å². The lowest BCUT2D eigenvalue weighted by atomic mass is 10.1. The molecular formula is C22H19NO5S. The summed E-state index contributed by atoms with van der Waals surface area (Å²) < 4.78 is 11.6. The summed E-state index contributed by atoms with van der Waals surface area (Å²) in [7, 11) is 1.57. The molecule has 0 spiro atoms. The zero-order chi connectivity index (χ0) is 20.4. The normalized spacial score (nSPS) is 13.2. The Morgan fingerprint density at radius 2 is 1.86 bits per heavy atom. The van der Waals surface area contributed by atoms with Crippen molar-refractivity contribution in [3.63, 3.8) is 0 Å². The second-order valence-corrected chi connectivity index (χ2v) is 7.61. The van der Waals surface area contributed by atoms with Gasteiger partial charge in [-0.15, -0.1) is 11.3 Å². The number of ether oxygens (including phenoxy) is 2. The number of thiophene rings is 1. The second-order valence-electron chi connectivity index (χ2n) is 6.70. The van der Waals surface area contributed by atoms with E-state index in [2.05, 4.69) is 0 Å². The lowest BCUT2D eigenvalue weighted by molar-refractivity contribution is 0.0474. The molecule has 0 atom stereocenters. The van der Waals surface area contributed by atoms with E-state index >= 15 is 0 Å². The van der Waals surface area contributed by atoms with Crippen LogP contribution in [0.25, 0.3) is 10.1 Å². The van der Waals surface area contributed by atoms with Crippen LogP contribution < -0.4 is 0 Å². The molecule has 1 aromatic heterocycles. The molecule has 0 aliphatic carbocycles. The minimum atomic E-state index is -0.527. The number of esters is 1. The maximum absolute atomic E-state index is 12.6. The van der Waals surface area contributed by atoms with E-state index < -0.39 is 5.97 Å². The number of hydrogen-bond acceptors (Lipinski definition) is 6. The first-order chi connectivity index (χ1) is 14.1. The molecule has 2 aromatic carbocycles. The summed E-state index contributed by atoms with van der Waals surface area (Å²) in [5.41, 5.74) is 1.74. The third kappa shape index (κ3) is 3.66. The molecule has 6 nitrogen and oxygen atoms in total. The fraction of sp³-hybridized carbons (Fsp3) is 0.227. The minimum absolute atomic E-state index is 0.149. The zero-order valence-corrected chi connectivity index (χ0v) is 16.7. The van der Waals surface area contributed by atoms with Gasteiger partial charge < -0.3 is 9.47 Å². The molecule has 3 aromatic rings. The number of carbonyl (C=O) groups is 3. The van der Waals surface area contributed by atoms with Gasteiger partial charge in [0.1, 0.15) is 6.61 Å². The quantitative estimate of drug-likeness (QED) is 0.336. The molecule has 0 saturated carbocycles. The largest absolute Gasteiger partial charge is 0.457 e. The van der Waals surface area contributed by atoms with E-state index in [4.69, 9.17) is 9.47 Å². The fourth-order valence-corrected chi connectivity index (χ4v) is 4.31. The van der Waals surface area contributed by atoms with Crippen molar-refractivity contribution in [3.05, 3.63) is 70.1 Å². The zero-order valence-electron chi connectivity index (χ0n) is 15.8. The minimum Gasteiger partial charge on any atom is -0.457 e. The molecule has 7 heteroatoms. The number of hydrogen-bond donors (Lipinski definition) is 0. The van der Waals surface area contributed by atoms with Crippen LogP contribution in [0.4, 0.5) is 0 Å². The van der Waals surface area contributed by atoms with Crippen LogP contribution in [0.15, 0.2) is 47.8 Å². The van der Waals surface area contributed by atoms with E-state index in [1.165, 1.54) is 23.1 Å². The van der Waals surface area contributed by atoms with E-state index in [1.54, 1.807) is 18.4 Å². The van der Waals surface area contributed by atoms with E-state index in [0.717, 1.165) is 15.6 Å². The third-order valence-electron chi connectivity index (χ3n) is 4.86. The summed E-state index contributed by atoms with van der Waals surface area (Å²) in [6, 6.07) is 12.4. The lowest BCUT2D eigenvalue weighted by Gasteiger charge is -2.12. The molecule has 0 N–H and O–H groups in total. The van der Waals surface area contributed by atoms with Gasteiger partial charge in [-0.3, -0.25) is 14.5 Å². The lowest BCUT2D eigenvalue weighted by Crippen LogP contribution is -2.31. The molecule has 1 aliphatic heterocycles. The molecule has 1 aliphatic rings. The highest BCUT2D eigenvalue weighted by Gasteiger charge is 2.35. The number of fused-ring (bicyclic) bond motifs is 2. The first-order valence-electron chi connectivity index (χ1n) is 9.21. The number of imide groups is 1. The number of benzene rings is 2. The predicted molar refractivity (Wildman–Crippen MR) is 109 cm³/mol. The maximum atomic E-state index is 12.6. The van der Waals surface area contributed by atoms with Gasteiger partial charge in [-0.1, -0.05) is 18.2 Å². The van der Waals surface area contributed by atoms with E-state index in [9.17, 15) is 14.4 Å². The van der Waals surface area contributed by atoms with Crippen molar-refractivity contribution in [3.8, 4) is 0 Å². The average molecular weight is 409 g/mol. The van der Waals surface area contributed by atoms with Crippen molar-refractivity contribution in [2.24, 2.45) is 0 Å². The highest BCUT2D eigenvalue weighted by molar-refractivity contribution is 7.17. The van der Waals surface area contributed by atoms with Gasteiger partial charge in [0.15, 0.2) is 0 Å². The Labute approximate surface area is 171 Å². The third-order valence-corrected chi connectivity index (χ3v) is 5.87. The van der Waals surface area contributed by atoms with Crippen molar-refractivity contribution in [1.29, 1.82) is 0 Å². The summed E-state index contributed by atoms with van der Waals surface area (Å²) in [5, 5.41) is 3.03. The SMILES string of the molecule is COCCCN1C(=O)c2ccc(C(=O)OCc3csc4ccccc34)cc2C1=O. The standard InChI is InChI=1S/C22H19NO5S/c1-27-10-4-9-23-20(24)17-8-7-14(11-18(17)21(23)25)22(26)28-12-15-13-29-19-6-3-2-5-16(15)19/h2-3,5-8,11,13H,4,9-10,12H2,1H3. The summed E-state index contributed by atoms with van der Waals surface area (Å²) in [4.78, 5) is 38.7. The smallest absolute Gasteiger partial charge is 0.338 e. The summed E-state index contributed by atoms with van der Waals surface area (Å²) >= 11 is 1.60. The van der Waals surface area contributed by atoms with Crippen LogP contribution in [0.1, 0.15) is 43.1 Å². The van der Waals surface area contributed by atoms with Crippen LogP contribution in [0, 0.1) is 0 Å². The Bertz CT molecular complexity index is 1100. The first kappa shape index (κ1) is 19.3. The van der Waals surface area contributed by atoms with E-state index in [0.29, 0.717) is 18.6 Å². The molecule has 4 rings (SSSR count). The van der Waals surface area contributed by atoms with Crippen molar-refractivity contribution in [1.82, 2.24) is 4.90 Å². The molecular weight excluding hydrogens is 390 g/mol. The van der Waals surface area contributed by atoms with Gasteiger partial charge in [0.2, 0.25) is 0 Å². The summed E-state index contributed by atoms with van der Waals surface area (Å²) in [5.74, 6) is -1.26. The monoisotopic (exact) mass is 409 g/mol. The molecule has 2 amide bonds. The first-order valence-corrected chi connectivity index (χ1v) is 10.1. The van der Waals surface area contributed by atoms with Crippen molar-refractivity contribution in [2.45, 2.75) is 13.0 Å². The van der Waals surface area contributed by atoms with Gasteiger partial charge >= 0.3 is 5.97 Å². The molecule has 0 radical (unpaired) electrons. The molecule has 0 bridgehead atoms. The Kier molecular flexibility index (Phi) is 5.42. The number of nitrogens with zero attached hydrogens (tertiary/aromatic N) is 1. The summed E-state index contributed by atoms with van der Waals surface area (Å²) in [6.07, 6.45) is 0.561. The molecule has 0 unspecified atom stereocenters. The van der Waals surface area contributed by atoms with Gasteiger partial charge in [0.05, 0.1) is 16.7 Å². The topological polar surface area (TPSA) is 72.9 Å². The van der Waals surface area contributed by atoms with Crippen LogP contribution in [-0.2, 0) is 16.1 Å². The van der Waals surface area contributed by atoms with Crippen LogP contribution >= 0.6 is 11.3 Å². The Morgan fingerprint density at radius 3 is 2.69 bits per heavy atom. The van der Waals surface area contributed by atoms with Gasteiger partial charge in [-0.05, 0) is 41.5 Å². The van der Waals surface area contributed by atoms with Gasteiger partial charge in [0.25, 0.3) is 11.8 Å².